The van der Waals surface area contributed by atoms with Gasteiger partial charge in [-0.1, -0.05) is 17.7 Å². The molecule has 3 fully saturated rings. The lowest BCUT2D eigenvalue weighted by Gasteiger charge is -2.56. The summed E-state index contributed by atoms with van der Waals surface area (Å²) in [5.41, 5.74) is 5.40. The summed E-state index contributed by atoms with van der Waals surface area (Å²) in [6.45, 7) is 10.5. The molecule has 1 amide bonds. The van der Waals surface area contributed by atoms with E-state index in [-0.39, 0.29) is 5.91 Å². The summed E-state index contributed by atoms with van der Waals surface area (Å²) in [5, 5.41) is 3.13. The van der Waals surface area contributed by atoms with Crippen molar-refractivity contribution < 1.29 is 4.79 Å². The first-order valence-corrected chi connectivity index (χ1v) is 9.58. The summed E-state index contributed by atoms with van der Waals surface area (Å²) in [4.78, 5) is 25.9. The summed E-state index contributed by atoms with van der Waals surface area (Å²) >= 11 is 0. The van der Waals surface area contributed by atoms with Gasteiger partial charge in [0.15, 0.2) is 0 Å². The van der Waals surface area contributed by atoms with Crippen LogP contribution in [0.4, 0.5) is 11.5 Å². The molecule has 27 heavy (non-hydrogen) atoms. The number of hydrogen-bond donors (Lipinski definition) is 1. The highest BCUT2D eigenvalue weighted by molar-refractivity contribution is 5.94. The summed E-state index contributed by atoms with van der Waals surface area (Å²) in [6, 6.07) is 7.10. The molecule has 3 aliphatic rings. The molecule has 6 heteroatoms. The number of fused-ring (bicyclic) bond motifs is 2. The second-order valence-corrected chi connectivity index (χ2v) is 7.96. The van der Waals surface area contributed by atoms with Crippen LogP contribution in [0.3, 0.4) is 0 Å². The molecule has 2 aromatic rings. The van der Waals surface area contributed by atoms with Gasteiger partial charge in [-0.05, 0) is 45.2 Å². The fourth-order valence-corrected chi connectivity index (χ4v) is 4.47. The van der Waals surface area contributed by atoms with Gasteiger partial charge in [-0.3, -0.25) is 9.69 Å². The molecule has 1 aromatic heterocycles. The van der Waals surface area contributed by atoms with Crippen molar-refractivity contribution in [2.24, 2.45) is 0 Å². The quantitative estimate of drug-likeness (QED) is 0.902. The third-order valence-corrected chi connectivity index (χ3v) is 5.73. The van der Waals surface area contributed by atoms with Crippen LogP contribution in [0.5, 0.6) is 0 Å². The third-order valence-electron chi connectivity index (χ3n) is 5.73. The van der Waals surface area contributed by atoms with Crippen LogP contribution < -0.4 is 10.2 Å². The number of aryl methyl sites for hydroxylation is 4. The lowest BCUT2D eigenvalue weighted by molar-refractivity contribution is -0.121. The molecular formula is C21H27N5O. The van der Waals surface area contributed by atoms with Crippen molar-refractivity contribution >= 4 is 17.4 Å². The van der Waals surface area contributed by atoms with Gasteiger partial charge in [-0.15, -0.1) is 0 Å². The van der Waals surface area contributed by atoms with Gasteiger partial charge in [0.25, 0.3) is 0 Å². The molecule has 2 bridgehead atoms. The molecule has 0 spiro atoms. The van der Waals surface area contributed by atoms with E-state index in [1.807, 2.05) is 13.0 Å². The number of piperazine rings is 1. The molecule has 0 radical (unpaired) electrons. The van der Waals surface area contributed by atoms with Gasteiger partial charge in [0.05, 0.1) is 6.54 Å². The van der Waals surface area contributed by atoms with Gasteiger partial charge in [-0.25, -0.2) is 9.97 Å². The molecule has 3 saturated heterocycles. The van der Waals surface area contributed by atoms with Gasteiger partial charge in [-0.2, -0.15) is 0 Å². The third kappa shape index (κ3) is 3.54. The molecule has 1 aromatic carbocycles. The van der Waals surface area contributed by atoms with Crippen molar-refractivity contribution in [3.05, 3.63) is 46.9 Å². The Kier molecular flexibility index (Phi) is 4.60. The summed E-state index contributed by atoms with van der Waals surface area (Å²) in [7, 11) is 0. The first kappa shape index (κ1) is 17.9. The maximum atomic E-state index is 12.6. The minimum atomic E-state index is 0.0751. The number of hydrogen-bond acceptors (Lipinski definition) is 5. The van der Waals surface area contributed by atoms with E-state index in [9.17, 15) is 4.79 Å². The monoisotopic (exact) mass is 365 g/mol. The molecule has 6 nitrogen and oxygen atoms in total. The number of piperidine rings is 1. The topological polar surface area (TPSA) is 61.4 Å². The summed E-state index contributed by atoms with van der Waals surface area (Å²) in [6.07, 6.45) is 2.79. The molecule has 4 heterocycles. The summed E-state index contributed by atoms with van der Waals surface area (Å²) < 4.78 is 0. The van der Waals surface area contributed by atoms with Gasteiger partial charge < -0.3 is 10.2 Å². The Morgan fingerprint density at radius 3 is 2.37 bits per heavy atom. The van der Waals surface area contributed by atoms with E-state index in [1.54, 1.807) is 6.33 Å². The van der Waals surface area contributed by atoms with E-state index in [1.165, 1.54) is 5.56 Å². The van der Waals surface area contributed by atoms with E-state index in [0.717, 1.165) is 47.8 Å². The van der Waals surface area contributed by atoms with E-state index in [4.69, 9.17) is 0 Å². The standard InChI is InChI=1S/C21H27N5O/c1-13-5-14(2)21(15(3)6-13)24-20(27)11-26-17-8-18(26)10-25(9-17)19-7-16(4)22-12-23-19/h5-7,12,17-18H,8-11H2,1-4H3,(H,24,27). The molecule has 1 N–H and O–H groups in total. The molecule has 142 valence electrons. The average molecular weight is 365 g/mol. The van der Waals surface area contributed by atoms with Crippen LogP contribution >= 0.6 is 0 Å². The fourth-order valence-electron chi connectivity index (χ4n) is 4.47. The highest BCUT2D eigenvalue weighted by atomic mass is 16.2. The van der Waals surface area contributed by atoms with Crippen LogP contribution in [-0.2, 0) is 4.79 Å². The number of rotatable bonds is 4. The lowest BCUT2D eigenvalue weighted by Crippen LogP contribution is -2.69. The molecule has 0 saturated carbocycles. The number of amides is 1. The maximum Gasteiger partial charge on any atom is 0.238 e. The molecular weight excluding hydrogens is 338 g/mol. The van der Waals surface area contributed by atoms with Gasteiger partial charge in [0.1, 0.15) is 12.1 Å². The molecule has 0 aliphatic carbocycles. The zero-order chi connectivity index (χ0) is 19.1. The number of nitrogens with zero attached hydrogens (tertiary/aromatic N) is 4. The van der Waals surface area contributed by atoms with E-state index >= 15 is 0 Å². The number of anilines is 2. The zero-order valence-corrected chi connectivity index (χ0v) is 16.5. The van der Waals surface area contributed by atoms with Crippen LogP contribution in [0, 0.1) is 27.7 Å². The van der Waals surface area contributed by atoms with Crippen molar-refractivity contribution in [2.75, 3.05) is 29.9 Å². The Balaban J connectivity index is 1.37. The van der Waals surface area contributed by atoms with Crippen molar-refractivity contribution in [2.45, 2.75) is 46.2 Å². The van der Waals surface area contributed by atoms with E-state index in [2.05, 4.69) is 58.0 Å². The SMILES string of the molecule is Cc1cc(C)c(NC(=O)CN2C3CC2CN(c2cc(C)ncn2)C3)c(C)c1. The Morgan fingerprint density at radius 1 is 1.07 bits per heavy atom. The van der Waals surface area contributed by atoms with Gasteiger partial charge in [0, 0.05) is 42.6 Å². The Morgan fingerprint density at radius 2 is 1.74 bits per heavy atom. The zero-order valence-electron chi connectivity index (χ0n) is 16.5. The fraction of sp³-hybridized carbons (Fsp3) is 0.476. The smallest absolute Gasteiger partial charge is 0.238 e. The predicted molar refractivity (Wildman–Crippen MR) is 107 cm³/mol. The molecule has 2 unspecified atom stereocenters. The normalized spacial score (nSPS) is 21.7. The van der Waals surface area contributed by atoms with Crippen LogP contribution in [0.15, 0.2) is 24.5 Å². The molecule has 2 atom stereocenters. The largest absolute Gasteiger partial charge is 0.353 e. The average Bonchev–Trinajstić information content (AvgIpc) is 2.63. The van der Waals surface area contributed by atoms with Crippen molar-refractivity contribution in [3.8, 4) is 0 Å². The lowest BCUT2D eigenvalue weighted by atomic mass is 9.87. The number of nitrogens with one attached hydrogen (secondary N) is 1. The van der Waals surface area contributed by atoms with Gasteiger partial charge >= 0.3 is 0 Å². The Hall–Kier alpha value is -2.47. The van der Waals surface area contributed by atoms with Crippen LogP contribution in [0.2, 0.25) is 0 Å². The van der Waals surface area contributed by atoms with Crippen LogP contribution in [0.1, 0.15) is 28.8 Å². The number of aromatic nitrogens is 2. The number of carbonyl (C=O) groups is 1. The van der Waals surface area contributed by atoms with Gasteiger partial charge in [0.2, 0.25) is 5.91 Å². The minimum absolute atomic E-state index is 0.0751. The predicted octanol–water partition coefficient (Wildman–Crippen LogP) is 2.61. The van der Waals surface area contributed by atoms with Crippen LogP contribution in [0.25, 0.3) is 0 Å². The minimum Gasteiger partial charge on any atom is -0.353 e. The van der Waals surface area contributed by atoms with Crippen molar-refractivity contribution in [1.29, 1.82) is 0 Å². The van der Waals surface area contributed by atoms with Crippen molar-refractivity contribution in [1.82, 2.24) is 14.9 Å². The second-order valence-electron chi connectivity index (χ2n) is 7.96. The first-order chi connectivity index (χ1) is 12.9. The van der Waals surface area contributed by atoms with E-state index in [0.29, 0.717) is 18.6 Å². The second kappa shape index (κ2) is 6.93. The highest BCUT2D eigenvalue weighted by Crippen LogP contribution is 2.34. The maximum absolute atomic E-state index is 12.6. The number of benzene rings is 1. The van der Waals surface area contributed by atoms with Crippen LogP contribution in [-0.4, -0.2) is 52.5 Å². The van der Waals surface area contributed by atoms with Crippen molar-refractivity contribution in [3.63, 3.8) is 0 Å². The summed E-state index contributed by atoms with van der Waals surface area (Å²) in [5.74, 6) is 1.07. The molecule has 3 aliphatic heterocycles. The first-order valence-electron chi connectivity index (χ1n) is 9.58. The highest BCUT2D eigenvalue weighted by Gasteiger charge is 2.45. The van der Waals surface area contributed by atoms with E-state index < -0.39 is 0 Å². The Bertz CT molecular complexity index is 846. The Labute approximate surface area is 160 Å². The number of carbonyl (C=O) groups excluding carboxylic acids is 1. The molecule has 5 rings (SSSR count).